The number of terminal acetylenes is 1. The Morgan fingerprint density at radius 2 is 2.16 bits per heavy atom. The third-order valence-electron chi connectivity index (χ3n) is 9.22. The molecule has 7 heterocycles. The Hall–Kier alpha value is -4.14. The number of aromatic nitrogens is 3. The number of pyridine rings is 1. The fourth-order valence-electron chi connectivity index (χ4n) is 7.10. The van der Waals surface area contributed by atoms with Crippen molar-refractivity contribution in [3.8, 4) is 35.4 Å². The number of aromatic hydroxyl groups is 1. The van der Waals surface area contributed by atoms with Crippen molar-refractivity contribution in [1.29, 1.82) is 0 Å². The molecule has 8 nitrogen and oxygen atoms in total. The number of nitrogens with zero attached hydrogens (tertiary/aromatic N) is 5. The molecule has 5 aliphatic rings. The minimum Gasteiger partial charge on any atom is -0.508 e. The van der Waals surface area contributed by atoms with E-state index in [1.54, 1.807) is 0 Å². The maximum atomic E-state index is 16.9. The molecule has 4 aromatic rings. The summed E-state index contributed by atoms with van der Waals surface area (Å²) in [5.41, 5.74) is -2.62. The number of hydrogen-bond acceptors (Lipinski definition) is 8. The summed E-state index contributed by atoms with van der Waals surface area (Å²) in [4.78, 5) is 16.3. The van der Waals surface area contributed by atoms with Crippen molar-refractivity contribution in [2.24, 2.45) is 0 Å². The first-order chi connectivity index (χ1) is 23.1. The second kappa shape index (κ2) is 10.2. The van der Waals surface area contributed by atoms with Crippen LogP contribution in [0.1, 0.15) is 44.5 Å². The van der Waals surface area contributed by atoms with Crippen molar-refractivity contribution in [1.82, 2.24) is 25.2 Å². The summed E-state index contributed by atoms with van der Waals surface area (Å²) in [6.07, 6.45) is 5.22. The number of benzene rings is 2. The van der Waals surface area contributed by atoms with E-state index in [9.17, 15) is 9.50 Å². The fraction of sp³-hybridized carbons (Fsp3) is 0.424. The highest BCUT2D eigenvalue weighted by molar-refractivity contribution is 6.03. The molecule has 0 aliphatic carbocycles. The molecule has 0 amide bonds. The first kappa shape index (κ1) is 22.4. The number of alkyl halides is 1. The third kappa shape index (κ3) is 4.26. The van der Waals surface area contributed by atoms with Crippen LogP contribution in [0.15, 0.2) is 30.5 Å². The third-order valence-corrected chi connectivity index (χ3v) is 9.22. The minimum absolute atomic E-state index is 0.00412. The van der Waals surface area contributed by atoms with Gasteiger partial charge in [0.2, 0.25) is 0 Å². The molecular formula is C33H31F3N6O2. The van der Waals surface area contributed by atoms with Gasteiger partial charge in [0.25, 0.3) is 0 Å². The lowest BCUT2D eigenvalue weighted by atomic mass is 9.92. The number of nitrogens with one attached hydrogen (secondary N) is 1. The molecule has 0 spiro atoms. The SMILES string of the molecule is [2H]C1([2H])CC[C@]2(C([2H])([2H])Oc3nc(N4CC5CCC4CN5)c4cnc(-c5cc(O)cc6ccc(F)c(C#C)c56)c(F)c4n3)C[C@]([2H])(F)CN12. The maximum absolute atomic E-state index is 16.9. The summed E-state index contributed by atoms with van der Waals surface area (Å²) in [5, 5.41) is 14.7. The molecule has 2 N–H and O–H groups in total. The van der Waals surface area contributed by atoms with Crippen LogP contribution in [0.3, 0.4) is 0 Å². The lowest BCUT2D eigenvalue weighted by Crippen LogP contribution is -2.61. The number of ether oxygens (including phenoxy) is 1. The largest absolute Gasteiger partial charge is 0.508 e. The Morgan fingerprint density at radius 1 is 1.27 bits per heavy atom. The highest BCUT2D eigenvalue weighted by Gasteiger charge is 2.49. The lowest BCUT2D eigenvalue weighted by Gasteiger charge is -2.46. The highest BCUT2D eigenvalue weighted by Crippen LogP contribution is 2.42. The molecule has 5 saturated heterocycles. The van der Waals surface area contributed by atoms with Crippen LogP contribution in [-0.4, -0.2) is 81.4 Å². The quantitative estimate of drug-likeness (QED) is 0.317. The van der Waals surface area contributed by atoms with Gasteiger partial charge in [0.1, 0.15) is 41.3 Å². The molecule has 2 aromatic heterocycles. The maximum Gasteiger partial charge on any atom is 0.319 e. The summed E-state index contributed by atoms with van der Waals surface area (Å²) in [6.45, 7) is -4.42. The van der Waals surface area contributed by atoms with Gasteiger partial charge in [-0.1, -0.05) is 12.0 Å². The molecule has 2 unspecified atom stereocenters. The number of hydrogen-bond donors (Lipinski definition) is 2. The number of phenols is 1. The molecule has 0 radical (unpaired) electrons. The van der Waals surface area contributed by atoms with Crippen molar-refractivity contribution < 1.29 is 29.9 Å². The number of rotatable bonds is 5. The van der Waals surface area contributed by atoms with Crippen LogP contribution >= 0.6 is 0 Å². The fourth-order valence-corrected chi connectivity index (χ4v) is 7.10. The molecule has 2 bridgehead atoms. The predicted molar refractivity (Wildman–Crippen MR) is 160 cm³/mol. The van der Waals surface area contributed by atoms with Gasteiger partial charge < -0.3 is 20.1 Å². The van der Waals surface area contributed by atoms with Crippen LogP contribution in [0.25, 0.3) is 32.9 Å². The van der Waals surface area contributed by atoms with E-state index in [1.807, 2.05) is 4.90 Å². The topological polar surface area (TPSA) is 86.6 Å². The molecule has 4 atom stereocenters. The van der Waals surface area contributed by atoms with Gasteiger partial charge in [-0.3, -0.25) is 9.88 Å². The predicted octanol–water partition coefficient (Wildman–Crippen LogP) is 4.71. The first-order valence-corrected chi connectivity index (χ1v) is 14.6. The highest BCUT2D eigenvalue weighted by atomic mass is 19.1. The van der Waals surface area contributed by atoms with Crippen molar-refractivity contribution in [3.05, 3.63) is 47.7 Å². The standard InChI is InChI=1S/C33H31F3N6O2/c1-2-23-26(35)7-4-18-10-22(43)11-24(27(18)23)29-28(36)30-25(14-38-29)31(42-16-20-5-6-21(42)13-37-20)40-32(39-30)44-17-33-8-3-9-41(33)15-19(34)12-33/h1,4,7,10-11,14,19-21,37,43H,3,5-6,8-9,12-13,15-17H2/t19-,20?,21?,33+/m0/s1/i9D2,17D2,19D. The average molecular weight is 606 g/mol. The number of halogens is 3. The molecular weight excluding hydrogens is 569 g/mol. The number of piperazine rings is 1. The van der Waals surface area contributed by atoms with Gasteiger partial charge in [0.15, 0.2) is 5.82 Å². The molecule has 44 heavy (non-hydrogen) atoms. The van der Waals surface area contributed by atoms with Crippen molar-refractivity contribution in [2.45, 2.75) is 55.9 Å². The molecule has 226 valence electrons. The van der Waals surface area contributed by atoms with Crippen LogP contribution in [0.5, 0.6) is 11.8 Å². The summed E-state index contributed by atoms with van der Waals surface area (Å²) >= 11 is 0. The van der Waals surface area contributed by atoms with Crippen LogP contribution in [0.4, 0.5) is 19.0 Å². The Kier molecular flexibility index (Phi) is 5.19. The van der Waals surface area contributed by atoms with E-state index < -0.39 is 55.4 Å². The normalized spacial score (nSPS) is 31.2. The zero-order valence-electron chi connectivity index (χ0n) is 28.5. The van der Waals surface area contributed by atoms with Gasteiger partial charge >= 0.3 is 6.01 Å². The van der Waals surface area contributed by atoms with E-state index in [2.05, 4.69) is 26.2 Å². The Balaban J connectivity index is 1.32. The van der Waals surface area contributed by atoms with Gasteiger partial charge in [-0.25, -0.2) is 13.2 Å². The zero-order chi connectivity index (χ0) is 34.7. The average Bonchev–Trinajstić information content (AvgIpc) is 3.50. The second-order valence-electron chi connectivity index (χ2n) is 11.8. The van der Waals surface area contributed by atoms with Gasteiger partial charge in [-0.15, -0.1) is 6.42 Å². The van der Waals surface area contributed by atoms with Gasteiger partial charge in [-0.2, -0.15) is 9.97 Å². The zero-order valence-corrected chi connectivity index (χ0v) is 23.5. The van der Waals surface area contributed by atoms with Crippen molar-refractivity contribution in [2.75, 3.05) is 37.6 Å². The van der Waals surface area contributed by atoms with Crippen LogP contribution in [0, 0.1) is 24.0 Å². The molecule has 5 aliphatic heterocycles. The van der Waals surface area contributed by atoms with Gasteiger partial charge in [0, 0.05) is 58.0 Å². The number of phenolic OH excluding ortho intramolecular Hbond substituents is 1. The van der Waals surface area contributed by atoms with Crippen molar-refractivity contribution in [3.63, 3.8) is 0 Å². The van der Waals surface area contributed by atoms with Crippen LogP contribution in [-0.2, 0) is 0 Å². The van der Waals surface area contributed by atoms with Crippen molar-refractivity contribution >= 4 is 27.5 Å². The second-order valence-corrected chi connectivity index (χ2v) is 11.8. The number of anilines is 1. The molecule has 5 fully saturated rings. The summed E-state index contributed by atoms with van der Waals surface area (Å²) in [6, 6.07) is 4.66. The van der Waals surface area contributed by atoms with Gasteiger partial charge in [0.05, 0.1) is 20.6 Å². The monoisotopic (exact) mass is 605 g/mol. The van der Waals surface area contributed by atoms with Crippen LogP contribution < -0.4 is 15.0 Å². The van der Waals surface area contributed by atoms with E-state index >= 15 is 8.78 Å². The van der Waals surface area contributed by atoms with E-state index in [0.717, 1.165) is 23.8 Å². The van der Waals surface area contributed by atoms with E-state index in [0.29, 0.717) is 18.5 Å². The summed E-state index contributed by atoms with van der Waals surface area (Å²) in [5.74, 6) is 0.591. The smallest absolute Gasteiger partial charge is 0.319 e. The Bertz CT molecular complexity index is 2090. The number of piperidine rings is 2. The Labute approximate surface area is 259 Å². The van der Waals surface area contributed by atoms with Gasteiger partial charge in [-0.05, 0) is 55.8 Å². The molecule has 2 aromatic carbocycles. The van der Waals surface area contributed by atoms with Crippen LogP contribution in [0.2, 0.25) is 0 Å². The Morgan fingerprint density at radius 3 is 2.93 bits per heavy atom. The minimum atomic E-state index is -2.81. The van der Waals surface area contributed by atoms with E-state index in [4.69, 9.17) is 18.0 Å². The summed E-state index contributed by atoms with van der Waals surface area (Å²) < 4.78 is 95.8. The summed E-state index contributed by atoms with van der Waals surface area (Å²) in [7, 11) is 0. The molecule has 11 heteroatoms. The molecule has 0 saturated carbocycles. The van der Waals surface area contributed by atoms with E-state index in [1.165, 1.54) is 24.4 Å². The number of fused-ring (bicyclic) bond motifs is 6. The first-order valence-electron chi connectivity index (χ1n) is 17.1. The van der Waals surface area contributed by atoms with E-state index in [-0.39, 0.29) is 69.6 Å². The lowest BCUT2D eigenvalue weighted by molar-refractivity contribution is 0.107. The molecule has 9 rings (SSSR count).